The Morgan fingerprint density at radius 2 is 1.84 bits per heavy atom. The average Bonchev–Trinajstić information content (AvgIpc) is 2.46. The van der Waals surface area contributed by atoms with E-state index in [9.17, 15) is 9.18 Å². The zero-order valence-corrected chi connectivity index (χ0v) is 11.1. The van der Waals surface area contributed by atoms with Crippen LogP contribution in [0.2, 0.25) is 0 Å². The molecule has 1 amide bonds. The Balaban J connectivity index is 1.98. The maximum atomic E-state index is 12.9. The zero-order valence-electron chi connectivity index (χ0n) is 11.1. The van der Waals surface area contributed by atoms with E-state index in [2.05, 4.69) is 0 Å². The largest absolute Gasteiger partial charge is 0.343 e. The second-order valence-electron chi connectivity index (χ2n) is 5.13. The van der Waals surface area contributed by atoms with Gasteiger partial charge in [-0.05, 0) is 43.5 Å². The molecular weight excluding hydrogens is 243 g/mol. The molecule has 19 heavy (non-hydrogen) atoms. The number of likely N-dealkylation sites (tertiary alicyclic amines) is 1. The molecule has 1 saturated heterocycles. The molecule has 0 radical (unpaired) electrons. The Hall–Kier alpha value is -1.42. The summed E-state index contributed by atoms with van der Waals surface area (Å²) in [6, 6.07) is 6.28. The fraction of sp³-hybridized carbons (Fsp3) is 0.533. The third-order valence-electron chi connectivity index (χ3n) is 3.76. The summed E-state index contributed by atoms with van der Waals surface area (Å²) < 4.78 is 12.9. The van der Waals surface area contributed by atoms with E-state index in [1.165, 1.54) is 18.6 Å². The minimum absolute atomic E-state index is 0.0185. The molecule has 1 aliphatic heterocycles. The molecule has 104 valence electrons. The van der Waals surface area contributed by atoms with Gasteiger partial charge in [-0.1, -0.05) is 12.1 Å². The third-order valence-corrected chi connectivity index (χ3v) is 3.76. The normalized spacial score (nSPS) is 17.3. The number of halogens is 1. The SMILES string of the molecule is NCC(CC(=O)N1CCCCC1)c1ccc(F)cc1. The molecule has 1 heterocycles. The van der Waals surface area contributed by atoms with Crippen molar-refractivity contribution in [2.45, 2.75) is 31.6 Å². The number of amides is 1. The van der Waals surface area contributed by atoms with Gasteiger partial charge in [0.05, 0.1) is 0 Å². The van der Waals surface area contributed by atoms with E-state index in [0.717, 1.165) is 31.5 Å². The third kappa shape index (κ3) is 3.77. The van der Waals surface area contributed by atoms with Gasteiger partial charge >= 0.3 is 0 Å². The van der Waals surface area contributed by atoms with Crippen molar-refractivity contribution in [1.29, 1.82) is 0 Å². The number of hydrogen-bond acceptors (Lipinski definition) is 2. The Bertz CT molecular complexity index is 413. The molecule has 0 aliphatic carbocycles. The number of nitrogens with two attached hydrogens (primary N) is 1. The number of rotatable bonds is 4. The summed E-state index contributed by atoms with van der Waals surface area (Å²) in [4.78, 5) is 14.1. The van der Waals surface area contributed by atoms with Crippen LogP contribution in [0.5, 0.6) is 0 Å². The molecule has 1 unspecified atom stereocenters. The molecule has 4 heteroatoms. The highest BCUT2D eigenvalue weighted by Crippen LogP contribution is 2.21. The van der Waals surface area contributed by atoms with E-state index in [-0.39, 0.29) is 17.6 Å². The molecule has 2 N–H and O–H groups in total. The minimum atomic E-state index is -0.262. The topological polar surface area (TPSA) is 46.3 Å². The number of carbonyl (C=O) groups excluding carboxylic acids is 1. The summed E-state index contributed by atoms with van der Waals surface area (Å²) in [6.07, 6.45) is 3.81. The van der Waals surface area contributed by atoms with Crippen molar-refractivity contribution in [3.63, 3.8) is 0 Å². The maximum Gasteiger partial charge on any atom is 0.223 e. The first-order chi connectivity index (χ1) is 9.20. The summed E-state index contributed by atoms with van der Waals surface area (Å²) in [5, 5.41) is 0. The fourth-order valence-corrected chi connectivity index (χ4v) is 2.56. The summed E-state index contributed by atoms with van der Waals surface area (Å²) in [7, 11) is 0. The van der Waals surface area contributed by atoms with Crippen molar-refractivity contribution in [2.24, 2.45) is 5.73 Å². The maximum absolute atomic E-state index is 12.9. The van der Waals surface area contributed by atoms with E-state index in [1.807, 2.05) is 4.90 Å². The number of nitrogens with zero attached hydrogens (tertiary/aromatic N) is 1. The molecule has 1 aliphatic rings. The second kappa shape index (κ2) is 6.66. The van der Waals surface area contributed by atoms with Crippen molar-refractivity contribution in [2.75, 3.05) is 19.6 Å². The van der Waals surface area contributed by atoms with Gasteiger partial charge < -0.3 is 10.6 Å². The van der Waals surface area contributed by atoms with Gasteiger partial charge in [0, 0.05) is 25.4 Å². The minimum Gasteiger partial charge on any atom is -0.343 e. The number of benzene rings is 1. The molecule has 1 fully saturated rings. The van der Waals surface area contributed by atoms with Crippen LogP contribution in [0, 0.1) is 5.82 Å². The predicted octanol–water partition coefficient (Wildman–Crippen LogP) is 2.27. The van der Waals surface area contributed by atoms with Crippen LogP contribution < -0.4 is 5.73 Å². The van der Waals surface area contributed by atoms with Crippen molar-refractivity contribution in [1.82, 2.24) is 4.90 Å². The van der Waals surface area contributed by atoms with Gasteiger partial charge in [0.25, 0.3) is 0 Å². The van der Waals surface area contributed by atoms with E-state index < -0.39 is 0 Å². The molecule has 0 aromatic heterocycles. The van der Waals surface area contributed by atoms with Gasteiger partial charge in [-0.3, -0.25) is 4.79 Å². The van der Waals surface area contributed by atoms with E-state index in [4.69, 9.17) is 5.73 Å². The Morgan fingerprint density at radius 3 is 2.42 bits per heavy atom. The van der Waals surface area contributed by atoms with Crippen LogP contribution in [-0.4, -0.2) is 30.4 Å². The van der Waals surface area contributed by atoms with Gasteiger partial charge in [0.15, 0.2) is 0 Å². The molecule has 1 atom stereocenters. The van der Waals surface area contributed by atoms with Crippen LogP contribution in [-0.2, 0) is 4.79 Å². The lowest BCUT2D eigenvalue weighted by atomic mass is 9.95. The van der Waals surface area contributed by atoms with Gasteiger partial charge in [-0.25, -0.2) is 4.39 Å². The first-order valence-electron chi connectivity index (χ1n) is 6.94. The monoisotopic (exact) mass is 264 g/mol. The first kappa shape index (κ1) is 14.0. The van der Waals surface area contributed by atoms with E-state index in [1.54, 1.807) is 12.1 Å². The molecule has 0 saturated carbocycles. The van der Waals surface area contributed by atoms with Crippen LogP contribution in [0.3, 0.4) is 0 Å². The van der Waals surface area contributed by atoms with Gasteiger partial charge in [0.2, 0.25) is 5.91 Å². The van der Waals surface area contributed by atoms with Crippen LogP contribution in [0.25, 0.3) is 0 Å². The van der Waals surface area contributed by atoms with Gasteiger partial charge in [-0.15, -0.1) is 0 Å². The predicted molar refractivity (Wildman–Crippen MR) is 73.2 cm³/mol. The number of carbonyl (C=O) groups is 1. The molecule has 2 rings (SSSR count). The summed E-state index contributed by atoms with van der Waals surface area (Å²) in [6.45, 7) is 2.13. The molecule has 0 spiro atoms. The molecule has 1 aromatic rings. The second-order valence-corrected chi connectivity index (χ2v) is 5.13. The number of piperidine rings is 1. The van der Waals surface area contributed by atoms with Crippen molar-refractivity contribution < 1.29 is 9.18 Å². The lowest BCUT2D eigenvalue weighted by Gasteiger charge is -2.28. The lowest BCUT2D eigenvalue weighted by molar-refractivity contribution is -0.132. The van der Waals surface area contributed by atoms with Crippen LogP contribution in [0.15, 0.2) is 24.3 Å². The van der Waals surface area contributed by atoms with E-state index >= 15 is 0 Å². The molecule has 3 nitrogen and oxygen atoms in total. The van der Waals surface area contributed by atoms with Crippen LogP contribution in [0.1, 0.15) is 37.2 Å². The van der Waals surface area contributed by atoms with Gasteiger partial charge in [0.1, 0.15) is 5.82 Å². The highest BCUT2D eigenvalue weighted by Gasteiger charge is 2.21. The highest BCUT2D eigenvalue weighted by atomic mass is 19.1. The molecular formula is C15H21FN2O. The Morgan fingerprint density at radius 1 is 1.21 bits per heavy atom. The first-order valence-corrected chi connectivity index (χ1v) is 6.94. The smallest absolute Gasteiger partial charge is 0.223 e. The summed E-state index contributed by atoms with van der Waals surface area (Å²) >= 11 is 0. The van der Waals surface area contributed by atoms with Crippen LogP contribution >= 0.6 is 0 Å². The van der Waals surface area contributed by atoms with Crippen LogP contribution in [0.4, 0.5) is 4.39 Å². The molecule has 0 bridgehead atoms. The Kier molecular flexibility index (Phi) is 4.91. The quantitative estimate of drug-likeness (QED) is 0.906. The summed E-state index contributed by atoms with van der Waals surface area (Å²) in [5.41, 5.74) is 6.70. The fourth-order valence-electron chi connectivity index (χ4n) is 2.56. The highest BCUT2D eigenvalue weighted by molar-refractivity contribution is 5.77. The zero-order chi connectivity index (χ0) is 13.7. The van der Waals surface area contributed by atoms with Gasteiger partial charge in [-0.2, -0.15) is 0 Å². The summed E-state index contributed by atoms with van der Waals surface area (Å²) in [5.74, 6) is -0.114. The lowest BCUT2D eigenvalue weighted by Crippen LogP contribution is -2.37. The number of hydrogen-bond donors (Lipinski definition) is 1. The average molecular weight is 264 g/mol. The van der Waals surface area contributed by atoms with Crippen molar-refractivity contribution in [3.8, 4) is 0 Å². The van der Waals surface area contributed by atoms with Crippen molar-refractivity contribution >= 4 is 5.91 Å². The van der Waals surface area contributed by atoms with E-state index in [0.29, 0.717) is 13.0 Å². The molecule has 1 aromatic carbocycles. The van der Waals surface area contributed by atoms with Crippen molar-refractivity contribution in [3.05, 3.63) is 35.6 Å². The Labute approximate surface area is 113 Å². The standard InChI is InChI=1S/C15H21FN2O/c16-14-6-4-12(5-7-14)13(11-17)10-15(19)18-8-2-1-3-9-18/h4-7,13H,1-3,8-11,17H2.